The van der Waals surface area contributed by atoms with Gasteiger partial charge in [0, 0.05) is 11.6 Å². The number of hydrogen-bond donors (Lipinski definition) is 1. The molecule has 1 saturated carbocycles. The fraction of sp³-hybridized carbons (Fsp3) is 0.240. The summed E-state index contributed by atoms with van der Waals surface area (Å²) in [5, 5.41) is 3.12. The van der Waals surface area contributed by atoms with Gasteiger partial charge in [0.05, 0.1) is 5.41 Å². The van der Waals surface area contributed by atoms with E-state index in [1.54, 1.807) is 0 Å². The van der Waals surface area contributed by atoms with Gasteiger partial charge in [0.25, 0.3) is 0 Å². The van der Waals surface area contributed by atoms with E-state index in [-0.39, 0.29) is 17.6 Å². The fourth-order valence-electron chi connectivity index (χ4n) is 4.25. The third-order valence-electron chi connectivity index (χ3n) is 5.80. The lowest BCUT2D eigenvalue weighted by atomic mass is 9.77. The van der Waals surface area contributed by atoms with Crippen molar-refractivity contribution < 1.29 is 9.18 Å². The maximum atomic E-state index is 13.7. The van der Waals surface area contributed by atoms with Crippen molar-refractivity contribution >= 4 is 11.6 Å². The molecule has 0 saturated heterocycles. The van der Waals surface area contributed by atoms with Crippen molar-refractivity contribution in [3.63, 3.8) is 0 Å². The third kappa shape index (κ3) is 3.33. The molecule has 0 aromatic heterocycles. The van der Waals surface area contributed by atoms with E-state index in [2.05, 4.69) is 29.6 Å². The molecule has 0 unspecified atom stereocenters. The highest BCUT2D eigenvalue weighted by Crippen LogP contribution is 2.59. The predicted octanol–water partition coefficient (Wildman–Crippen LogP) is 5.99. The van der Waals surface area contributed by atoms with Crippen LogP contribution in [0.25, 0.3) is 0 Å². The Morgan fingerprint density at radius 2 is 1.36 bits per heavy atom. The normalized spacial score (nSPS) is 14.7. The lowest BCUT2D eigenvalue weighted by molar-refractivity contribution is -0.121. The van der Waals surface area contributed by atoms with Crippen LogP contribution >= 0.6 is 0 Å². The van der Waals surface area contributed by atoms with E-state index in [0.29, 0.717) is 0 Å². The first kappa shape index (κ1) is 18.4. The number of amides is 1. The van der Waals surface area contributed by atoms with Crippen LogP contribution in [0.5, 0.6) is 0 Å². The van der Waals surface area contributed by atoms with Gasteiger partial charge < -0.3 is 5.32 Å². The van der Waals surface area contributed by atoms with Crippen LogP contribution in [0, 0.1) is 25.1 Å². The van der Waals surface area contributed by atoms with Gasteiger partial charge in [-0.15, -0.1) is 0 Å². The van der Waals surface area contributed by atoms with Crippen LogP contribution in [0.3, 0.4) is 0 Å². The number of rotatable bonds is 5. The molecular formula is C25H24FNO. The molecule has 0 heterocycles. The van der Waals surface area contributed by atoms with Crippen LogP contribution in [-0.2, 0) is 4.79 Å². The van der Waals surface area contributed by atoms with E-state index in [1.165, 1.54) is 12.1 Å². The summed E-state index contributed by atoms with van der Waals surface area (Å²) in [4.78, 5) is 13.5. The summed E-state index contributed by atoms with van der Waals surface area (Å²) in [7, 11) is 0. The molecule has 2 nitrogen and oxygen atoms in total. The molecule has 3 aromatic rings. The van der Waals surface area contributed by atoms with E-state index in [4.69, 9.17) is 0 Å². The van der Waals surface area contributed by atoms with E-state index in [9.17, 15) is 9.18 Å². The summed E-state index contributed by atoms with van der Waals surface area (Å²) in [5.74, 6) is -0.264. The summed E-state index contributed by atoms with van der Waals surface area (Å²) in [6, 6.07) is 23.4. The Hall–Kier alpha value is -2.94. The number of carbonyl (C=O) groups excluding carboxylic acids is 1. The SMILES string of the molecule is Cc1cc(F)cc(C)c1NC(=O)C1(C(c2ccccc2)c2ccccc2)CC1. The third-order valence-corrected chi connectivity index (χ3v) is 5.80. The van der Waals surface area contributed by atoms with E-state index in [0.717, 1.165) is 40.8 Å². The number of benzene rings is 3. The smallest absolute Gasteiger partial charge is 0.231 e. The molecular weight excluding hydrogens is 349 g/mol. The molecule has 0 radical (unpaired) electrons. The first-order chi connectivity index (χ1) is 13.5. The largest absolute Gasteiger partial charge is 0.325 e. The van der Waals surface area contributed by atoms with Gasteiger partial charge in [0.2, 0.25) is 5.91 Å². The summed E-state index contributed by atoms with van der Waals surface area (Å²) >= 11 is 0. The highest BCUT2D eigenvalue weighted by Gasteiger charge is 2.56. The van der Waals surface area contributed by atoms with Gasteiger partial charge in [-0.25, -0.2) is 4.39 Å². The zero-order valence-electron chi connectivity index (χ0n) is 16.2. The number of aryl methyl sites for hydroxylation is 2. The fourth-order valence-corrected chi connectivity index (χ4v) is 4.25. The van der Waals surface area contributed by atoms with Gasteiger partial charge in [-0.05, 0) is 61.1 Å². The zero-order valence-corrected chi connectivity index (χ0v) is 16.2. The van der Waals surface area contributed by atoms with Crippen molar-refractivity contribution in [1.82, 2.24) is 0 Å². The quantitative estimate of drug-likeness (QED) is 0.584. The van der Waals surface area contributed by atoms with Crippen LogP contribution in [-0.4, -0.2) is 5.91 Å². The summed E-state index contributed by atoms with van der Waals surface area (Å²) in [5.41, 5.74) is 4.03. The van der Waals surface area contributed by atoms with Crippen LogP contribution in [0.15, 0.2) is 72.8 Å². The number of carbonyl (C=O) groups is 1. The molecule has 3 heteroatoms. The molecule has 1 fully saturated rings. The number of halogens is 1. The van der Waals surface area contributed by atoms with E-state index in [1.807, 2.05) is 50.2 Å². The van der Waals surface area contributed by atoms with Crippen molar-refractivity contribution in [1.29, 1.82) is 0 Å². The average Bonchev–Trinajstić information content (AvgIpc) is 3.48. The molecule has 0 spiro atoms. The highest BCUT2D eigenvalue weighted by atomic mass is 19.1. The first-order valence-corrected chi connectivity index (χ1v) is 9.69. The molecule has 142 valence electrons. The first-order valence-electron chi connectivity index (χ1n) is 9.69. The molecule has 0 aliphatic heterocycles. The Kier molecular flexibility index (Phi) is 4.76. The van der Waals surface area contributed by atoms with Crippen molar-refractivity contribution in [2.75, 3.05) is 5.32 Å². The number of hydrogen-bond acceptors (Lipinski definition) is 1. The number of anilines is 1. The molecule has 1 amide bonds. The van der Waals surface area contributed by atoms with Gasteiger partial charge in [0.15, 0.2) is 0 Å². The second-order valence-electron chi connectivity index (χ2n) is 7.78. The number of nitrogens with one attached hydrogen (secondary N) is 1. The lowest BCUT2D eigenvalue weighted by Gasteiger charge is -2.28. The van der Waals surface area contributed by atoms with Gasteiger partial charge in [0.1, 0.15) is 5.82 Å². The minimum Gasteiger partial charge on any atom is -0.325 e. The molecule has 1 aliphatic rings. The Morgan fingerprint density at radius 3 is 1.79 bits per heavy atom. The summed E-state index contributed by atoms with van der Waals surface area (Å²) in [6.07, 6.45) is 1.68. The average molecular weight is 373 g/mol. The van der Waals surface area contributed by atoms with Crippen LogP contribution < -0.4 is 5.32 Å². The molecule has 0 atom stereocenters. The Balaban J connectivity index is 1.72. The van der Waals surface area contributed by atoms with Gasteiger partial charge in [-0.2, -0.15) is 0 Å². The summed E-state index contributed by atoms with van der Waals surface area (Å²) < 4.78 is 13.7. The molecule has 4 rings (SSSR count). The summed E-state index contributed by atoms with van der Waals surface area (Å²) in [6.45, 7) is 3.66. The Morgan fingerprint density at radius 1 is 0.893 bits per heavy atom. The van der Waals surface area contributed by atoms with E-state index >= 15 is 0 Å². The Labute approximate surface area is 165 Å². The van der Waals surface area contributed by atoms with Crippen molar-refractivity contribution in [2.24, 2.45) is 5.41 Å². The van der Waals surface area contributed by atoms with Crippen LogP contribution in [0.1, 0.15) is 41.0 Å². The standard InChI is InChI=1S/C25H24FNO/c1-17-15-21(26)16-18(2)23(17)27-24(28)25(13-14-25)22(19-9-5-3-6-10-19)20-11-7-4-8-12-20/h3-12,15-16,22H,13-14H2,1-2H3,(H,27,28). The lowest BCUT2D eigenvalue weighted by Crippen LogP contribution is -2.31. The maximum Gasteiger partial charge on any atom is 0.231 e. The zero-order chi connectivity index (χ0) is 19.7. The molecule has 1 aliphatic carbocycles. The maximum absolute atomic E-state index is 13.7. The molecule has 28 heavy (non-hydrogen) atoms. The highest BCUT2D eigenvalue weighted by molar-refractivity contribution is 5.99. The van der Waals surface area contributed by atoms with Crippen LogP contribution in [0.4, 0.5) is 10.1 Å². The molecule has 0 bridgehead atoms. The van der Waals surface area contributed by atoms with Crippen LogP contribution in [0.2, 0.25) is 0 Å². The monoisotopic (exact) mass is 373 g/mol. The minimum absolute atomic E-state index is 0.00374. The van der Waals surface area contributed by atoms with Gasteiger partial charge in [-0.1, -0.05) is 60.7 Å². The molecule has 1 N–H and O–H groups in total. The topological polar surface area (TPSA) is 29.1 Å². The Bertz CT molecular complexity index is 931. The van der Waals surface area contributed by atoms with Crippen molar-refractivity contribution in [3.8, 4) is 0 Å². The van der Waals surface area contributed by atoms with Gasteiger partial charge >= 0.3 is 0 Å². The second kappa shape index (κ2) is 7.23. The minimum atomic E-state index is -0.476. The van der Waals surface area contributed by atoms with Crippen molar-refractivity contribution in [3.05, 3.63) is 101 Å². The second-order valence-corrected chi connectivity index (χ2v) is 7.78. The van der Waals surface area contributed by atoms with Crippen molar-refractivity contribution in [2.45, 2.75) is 32.6 Å². The van der Waals surface area contributed by atoms with E-state index < -0.39 is 5.41 Å². The molecule has 3 aromatic carbocycles. The predicted molar refractivity (Wildman–Crippen MR) is 111 cm³/mol. The van der Waals surface area contributed by atoms with Gasteiger partial charge in [-0.3, -0.25) is 4.79 Å².